The van der Waals surface area contributed by atoms with Crippen LogP contribution in [0.5, 0.6) is 0 Å². The van der Waals surface area contributed by atoms with Crippen molar-refractivity contribution in [2.24, 2.45) is 7.05 Å². The van der Waals surface area contributed by atoms with Gasteiger partial charge in [-0.3, -0.25) is 9.48 Å². The Morgan fingerprint density at radius 2 is 2.12 bits per heavy atom. The van der Waals surface area contributed by atoms with Gasteiger partial charge in [-0.25, -0.2) is 0 Å². The second-order valence-corrected chi connectivity index (χ2v) is 7.33. The standard InChI is InChI=1S/C21H29N3O2/c1-15-8-7-9-17(12-15)13-24(16(2)14-26-4)21(25)20-18-10-5-6-11-19(18)22-23(20)3/h7-9,12,16H,5-6,10-11,13-14H2,1-4H3/t16-/m0/s1. The zero-order chi connectivity index (χ0) is 18.7. The molecule has 0 N–H and O–H groups in total. The van der Waals surface area contributed by atoms with Crippen molar-refractivity contribution < 1.29 is 9.53 Å². The fraction of sp³-hybridized carbons (Fsp3) is 0.524. The molecule has 1 amide bonds. The van der Waals surface area contributed by atoms with E-state index in [-0.39, 0.29) is 11.9 Å². The Hall–Kier alpha value is -2.14. The van der Waals surface area contributed by atoms with Crippen molar-refractivity contribution in [3.8, 4) is 0 Å². The fourth-order valence-corrected chi connectivity index (χ4v) is 3.85. The highest BCUT2D eigenvalue weighted by Gasteiger charge is 2.29. The maximum atomic E-state index is 13.5. The number of nitrogens with zero attached hydrogens (tertiary/aromatic N) is 3. The van der Waals surface area contributed by atoms with Crippen LogP contribution in [0.1, 0.15) is 52.6 Å². The van der Waals surface area contributed by atoms with Crippen LogP contribution in [0.2, 0.25) is 0 Å². The van der Waals surface area contributed by atoms with Gasteiger partial charge < -0.3 is 9.64 Å². The summed E-state index contributed by atoms with van der Waals surface area (Å²) in [5.74, 6) is 0.0502. The first-order valence-corrected chi connectivity index (χ1v) is 9.41. The van der Waals surface area contributed by atoms with E-state index in [1.165, 1.54) is 5.56 Å². The summed E-state index contributed by atoms with van der Waals surface area (Å²) in [6, 6.07) is 8.32. The predicted molar refractivity (Wildman–Crippen MR) is 102 cm³/mol. The van der Waals surface area contributed by atoms with E-state index in [4.69, 9.17) is 4.74 Å². The van der Waals surface area contributed by atoms with E-state index < -0.39 is 0 Å². The number of hydrogen-bond donors (Lipinski definition) is 0. The number of ether oxygens (including phenoxy) is 1. The van der Waals surface area contributed by atoms with E-state index >= 15 is 0 Å². The Kier molecular flexibility index (Phi) is 5.77. The molecule has 1 heterocycles. The predicted octanol–water partition coefficient (Wildman–Crippen LogP) is 3.28. The summed E-state index contributed by atoms with van der Waals surface area (Å²) < 4.78 is 7.12. The van der Waals surface area contributed by atoms with Crippen LogP contribution in [-0.2, 0) is 31.2 Å². The number of methoxy groups -OCH3 is 1. The van der Waals surface area contributed by atoms with Crippen LogP contribution in [0.15, 0.2) is 24.3 Å². The Balaban J connectivity index is 1.94. The van der Waals surface area contributed by atoms with Crippen molar-refractivity contribution in [3.63, 3.8) is 0 Å². The second kappa shape index (κ2) is 8.04. The normalized spacial score (nSPS) is 14.8. The zero-order valence-electron chi connectivity index (χ0n) is 16.3. The van der Waals surface area contributed by atoms with Gasteiger partial charge in [0.2, 0.25) is 0 Å². The number of carbonyl (C=O) groups is 1. The smallest absolute Gasteiger partial charge is 0.273 e. The van der Waals surface area contributed by atoms with Gasteiger partial charge in [-0.05, 0) is 45.1 Å². The monoisotopic (exact) mass is 355 g/mol. The van der Waals surface area contributed by atoms with Gasteiger partial charge in [-0.1, -0.05) is 29.8 Å². The largest absolute Gasteiger partial charge is 0.383 e. The third-order valence-electron chi connectivity index (χ3n) is 5.16. The molecule has 1 aliphatic carbocycles. The third-order valence-corrected chi connectivity index (χ3v) is 5.16. The van der Waals surface area contributed by atoms with Crippen LogP contribution < -0.4 is 0 Å². The van der Waals surface area contributed by atoms with E-state index in [0.717, 1.165) is 48.2 Å². The molecule has 0 saturated carbocycles. The summed E-state index contributed by atoms with van der Waals surface area (Å²) in [5, 5.41) is 4.62. The summed E-state index contributed by atoms with van der Waals surface area (Å²) >= 11 is 0. The van der Waals surface area contributed by atoms with Crippen LogP contribution in [0, 0.1) is 6.92 Å². The van der Waals surface area contributed by atoms with Crippen molar-refractivity contribution in [1.29, 1.82) is 0 Å². The maximum absolute atomic E-state index is 13.5. The molecule has 0 bridgehead atoms. The Labute approximate surface area is 156 Å². The fourth-order valence-electron chi connectivity index (χ4n) is 3.85. The number of amides is 1. The summed E-state index contributed by atoms with van der Waals surface area (Å²) in [5.41, 5.74) is 5.32. The Morgan fingerprint density at radius 3 is 2.85 bits per heavy atom. The molecule has 1 aliphatic rings. The highest BCUT2D eigenvalue weighted by atomic mass is 16.5. The maximum Gasteiger partial charge on any atom is 0.273 e. The number of hydrogen-bond acceptors (Lipinski definition) is 3. The van der Waals surface area contributed by atoms with Crippen molar-refractivity contribution >= 4 is 5.91 Å². The van der Waals surface area contributed by atoms with Crippen molar-refractivity contribution in [3.05, 3.63) is 52.3 Å². The van der Waals surface area contributed by atoms with Crippen molar-refractivity contribution in [2.75, 3.05) is 13.7 Å². The number of fused-ring (bicyclic) bond motifs is 1. The number of rotatable bonds is 6. The third kappa shape index (κ3) is 3.83. The number of benzene rings is 1. The lowest BCUT2D eigenvalue weighted by molar-refractivity contribution is 0.0530. The molecule has 1 atom stereocenters. The molecule has 0 aliphatic heterocycles. The molecule has 3 rings (SSSR count). The topological polar surface area (TPSA) is 47.4 Å². The minimum Gasteiger partial charge on any atom is -0.383 e. The first-order chi connectivity index (χ1) is 12.5. The average Bonchev–Trinajstić information content (AvgIpc) is 2.95. The Bertz CT molecular complexity index is 782. The minimum absolute atomic E-state index is 0.0119. The summed E-state index contributed by atoms with van der Waals surface area (Å²) in [6.07, 6.45) is 4.21. The van der Waals surface area contributed by atoms with Crippen molar-refractivity contribution in [1.82, 2.24) is 14.7 Å². The van der Waals surface area contributed by atoms with Gasteiger partial charge >= 0.3 is 0 Å². The van der Waals surface area contributed by atoms with E-state index in [0.29, 0.717) is 13.2 Å². The van der Waals surface area contributed by atoms with Gasteiger partial charge in [-0.15, -0.1) is 0 Å². The summed E-state index contributed by atoms with van der Waals surface area (Å²) in [6.45, 7) is 5.20. The molecule has 5 heteroatoms. The van der Waals surface area contributed by atoms with Crippen LogP contribution in [0.3, 0.4) is 0 Å². The molecule has 0 fully saturated rings. The molecule has 26 heavy (non-hydrogen) atoms. The first kappa shape index (κ1) is 18.6. The molecule has 2 aromatic rings. The van der Waals surface area contributed by atoms with E-state index in [2.05, 4.69) is 30.2 Å². The van der Waals surface area contributed by atoms with E-state index in [9.17, 15) is 4.79 Å². The minimum atomic E-state index is -0.0119. The van der Waals surface area contributed by atoms with E-state index in [1.54, 1.807) is 11.8 Å². The highest BCUT2D eigenvalue weighted by molar-refractivity contribution is 5.94. The SMILES string of the molecule is COC[C@H](C)N(Cc1cccc(C)c1)C(=O)c1c2c(nn1C)CCCC2. The van der Waals surface area contributed by atoms with Gasteiger partial charge in [0.1, 0.15) is 5.69 Å². The van der Waals surface area contributed by atoms with Crippen LogP contribution in [0.4, 0.5) is 0 Å². The number of carbonyl (C=O) groups excluding carboxylic acids is 1. The molecular weight excluding hydrogens is 326 g/mol. The Morgan fingerprint density at radius 1 is 1.35 bits per heavy atom. The van der Waals surface area contributed by atoms with Gasteiger partial charge in [0.05, 0.1) is 18.3 Å². The zero-order valence-corrected chi connectivity index (χ0v) is 16.3. The second-order valence-electron chi connectivity index (χ2n) is 7.33. The van der Waals surface area contributed by atoms with Crippen molar-refractivity contribution in [2.45, 2.75) is 52.1 Å². The molecule has 1 aromatic carbocycles. The molecule has 0 unspecified atom stereocenters. The van der Waals surface area contributed by atoms with Gasteiger partial charge in [0.25, 0.3) is 5.91 Å². The van der Waals surface area contributed by atoms with Gasteiger partial charge in [0, 0.05) is 26.3 Å². The molecule has 140 valence electrons. The van der Waals surface area contributed by atoms with Crippen LogP contribution in [-0.4, -0.2) is 40.3 Å². The quantitative estimate of drug-likeness (QED) is 0.799. The lowest BCUT2D eigenvalue weighted by Crippen LogP contribution is -2.41. The lowest BCUT2D eigenvalue weighted by atomic mass is 9.95. The van der Waals surface area contributed by atoms with Gasteiger partial charge in [0.15, 0.2) is 0 Å². The first-order valence-electron chi connectivity index (χ1n) is 9.41. The van der Waals surface area contributed by atoms with E-state index in [1.807, 2.05) is 24.9 Å². The number of aryl methyl sites for hydroxylation is 3. The lowest BCUT2D eigenvalue weighted by Gasteiger charge is -2.29. The molecule has 0 radical (unpaired) electrons. The molecule has 1 aromatic heterocycles. The summed E-state index contributed by atoms with van der Waals surface area (Å²) in [4.78, 5) is 15.4. The highest BCUT2D eigenvalue weighted by Crippen LogP contribution is 2.26. The molecular formula is C21H29N3O2. The molecule has 0 saturated heterocycles. The van der Waals surface area contributed by atoms with Crippen LogP contribution >= 0.6 is 0 Å². The average molecular weight is 355 g/mol. The van der Waals surface area contributed by atoms with Crippen LogP contribution in [0.25, 0.3) is 0 Å². The van der Waals surface area contributed by atoms with Gasteiger partial charge in [-0.2, -0.15) is 5.10 Å². The molecule has 0 spiro atoms. The number of aromatic nitrogens is 2. The molecule has 5 nitrogen and oxygen atoms in total. The summed E-state index contributed by atoms with van der Waals surface area (Å²) in [7, 11) is 3.56.